The molecular formula is C20H21BrN4O. The van der Waals surface area contributed by atoms with Gasteiger partial charge in [-0.2, -0.15) is 0 Å². The predicted molar refractivity (Wildman–Crippen MR) is 105 cm³/mol. The third-order valence-corrected chi connectivity index (χ3v) is 4.74. The fourth-order valence-corrected chi connectivity index (χ4v) is 3.06. The van der Waals surface area contributed by atoms with Gasteiger partial charge in [0.25, 0.3) is 0 Å². The van der Waals surface area contributed by atoms with Gasteiger partial charge >= 0.3 is 0 Å². The highest BCUT2D eigenvalue weighted by atomic mass is 79.9. The number of unbranched alkanes of at least 4 members (excludes halogenated alkanes) is 1. The first kappa shape index (κ1) is 18.3. The van der Waals surface area contributed by atoms with E-state index in [-0.39, 0.29) is 0 Å². The lowest BCUT2D eigenvalue weighted by Crippen LogP contribution is -2.07. The van der Waals surface area contributed by atoms with Crippen LogP contribution in [0.2, 0.25) is 0 Å². The van der Waals surface area contributed by atoms with Gasteiger partial charge in [-0.25, -0.2) is 0 Å². The molecule has 3 aromatic heterocycles. The molecule has 0 saturated heterocycles. The summed E-state index contributed by atoms with van der Waals surface area (Å²) in [4.78, 5) is 13.0. The highest BCUT2D eigenvalue weighted by Gasteiger charge is 2.03. The van der Waals surface area contributed by atoms with Crippen molar-refractivity contribution in [1.29, 1.82) is 0 Å². The molecule has 2 N–H and O–H groups in total. The minimum atomic E-state index is 0.566. The van der Waals surface area contributed by atoms with E-state index in [1.54, 1.807) is 18.5 Å². The Labute approximate surface area is 161 Å². The van der Waals surface area contributed by atoms with Crippen LogP contribution in [0.15, 0.2) is 69.1 Å². The highest BCUT2D eigenvalue weighted by molar-refractivity contribution is 9.10. The summed E-state index contributed by atoms with van der Waals surface area (Å²) in [6.07, 6.45) is 10.7. The van der Waals surface area contributed by atoms with Gasteiger partial charge in [-0.3, -0.25) is 15.0 Å². The van der Waals surface area contributed by atoms with Crippen LogP contribution in [0.25, 0.3) is 0 Å². The molecular weight excluding hydrogens is 392 g/mol. The van der Waals surface area contributed by atoms with E-state index in [9.17, 15) is 0 Å². The second-order valence-corrected chi connectivity index (χ2v) is 6.86. The molecule has 3 rings (SSSR count). The molecule has 5 nitrogen and oxygen atoms in total. The predicted octanol–water partition coefficient (Wildman–Crippen LogP) is 3.93. The van der Waals surface area contributed by atoms with Gasteiger partial charge in [0.05, 0.1) is 12.0 Å². The molecule has 3 aromatic rings. The monoisotopic (exact) mass is 412 g/mol. The van der Waals surface area contributed by atoms with Gasteiger partial charge in [0.2, 0.25) is 5.55 Å². The van der Waals surface area contributed by atoms with Crippen LogP contribution in [-0.2, 0) is 12.8 Å². The number of nitrogen functional groups attached to an aromatic ring is 1. The summed E-state index contributed by atoms with van der Waals surface area (Å²) < 4.78 is 6.67. The third kappa shape index (κ3) is 5.26. The molecule has 0 fully saturated rings. The van der Waals surface area contributed by atoms with Gasteiger partial charge < -0.3 is 10.2 Å². The number of anilines is 1. The zero-order valence-corrected chi connectivity index (χ0v) is 16.0. The van der Waals surface area contributed by atoms with E-state index in [4.69, 9.17) is 10.2 Å². The molecule has 0 aliphatic carbocycles. The number of aromatic nitrogens is 2. The lowest BCUT2D eigenvalue weighted by molar-refractivity contribution is 0.482. The van der Waals surface area contributed by atoms with Crippen molar-refractivity contribution in [3.63, 3.8) is 0 Å². The number of nitrogens with zero attached hydrogens (tertiary/aromatic N) is 3. The van der Waals surface area contributed by atoms with Crippen molar-refractivity contribution in [2.75, 3.05) is 12.3 Å². The number of aryl methyl sites for hydroxylation is 1. The van der Waals surface area contributed by atoms with Gasteiger partial charge in [-0.05, 0) is 59.0 Å². The minimum Gasteiger partial charge on any atom is -0.447 e. The Balaban J connectivity index is 1.53. The van der Waals surface area contributed by atoms with E-state index in [0.717, 1.165) is 40.6 Å². The Bertz CT molecular complexity index is 909. The summed E-state index contributed by atoms with van der Waals surface area (Å²) in [5.41, 5.74) is 10.5. The smallest absolute Gasteiger partial charge is 0.215 e. The van der Waals surface area contributed by atoms with E-state index in [1.807, 2.05) is 36.7 Å². The molecule has 3 heterocycles. The molecule has 0 unspecified atom stereocenters. The van der Waals surface area contributed by atoms with Crippen molar-refractivity contribution < 1.29 is 4.42 Å². The number of nitrogens with two attached hydrogens (primary N) is 1. The van der Waals surface area contributed by atoms with Crippen molar-refractivity contribution in [2.45, 2.75) is 25.7 Å². The van der Waals surface area contributed by atoms with Crippen LogP contribution < -0.4 is 11.3 Å². The van der Waals surface area contributed by atoms with Gasteiger partial charge in [0.1, 0.15) is 0 Å². The lowest BCUT2D eigenvalue weighted by Gasteiger charge is -2.04. The van der Waals surface area contributed by atoms with E-state index in [2.05, 4.69) is 30.9 Å². The molecule has 0 aliphatic rings. The van der Waals surface area contributed by atoms with Gasteiger partial charge in [-0.15, -0.1) is 0 Å². The Morgan fingerprint density at radius 2 is 2.04 bits per heavy atom. The molecule has 0 aromatic carbocycles. The van der Waals surface area contributed by atoms with Crippen molar-refractivity contribution in [3.8, 4) is 0 Å². The molecule has 26 heavy (non-hydrogen) atoms. The van der Waals surface area contributed by atoms with E-state index in [1.165, 1.54) is 0 Å². The third-order valence-electron chi connectivity index (χ3n) is 4.01. The first-order valence-corrected chi connectivity index (χ1v) is 9.37. The maximum atomic E-state index is 6.14. The topological polar surface area (TPSA) is 77.3 Å². The van der Waals surface area contributed by atoms with E-state index < -0.39 is 0 Å². The largest absolute Gasteiger partial charge is 0.447 e. The van der Waals surface area contributed by atoms with E-state index >= 15 is 0 Å². The summed E-state index contributed by atoms with van der Waals surface area (Å²) in [6, 6.07) is 9.66. The minimum absolute atomic E-state index is 0.566. The van der Waals surface area contributed by atoms with Crippen LogP contribution in [0.4, 0.5) is 5.69 Å². The quantitative estimate of drug-likeness (QED) is 0.596. The summed E-state index contributed by atoms with van der Waals surface area (Å²) >= 11 is 3.52. The normalized spacial score (nSPS) is 11.7. The zero-order chi connectivity index (χ0) is 18.2. The fraction of sp³-hybridized carbons (Fsp3) is 0.250. The van der Waals surface area contributed by atoms with Crippen molar-refractivity contribution in [3.05, 3.63) is 82.0 Å². The van der Waals surface area contributed by atoms with Crippen LogP contribution in [0.3, 0.4) is 0 Å². The highest BCUT2D eigenvalue weighted by Crippen LogP contribution is 2.15. The number of hydrogen-bond donors (Lipinski definition) is 1. The second kappa shape index (κ2) is 9.29. The summed E-state index contributed by atoms with van der Waals surface area (Å²) in [5, 5.41) is 0. The maximum absolute atomic E-state index is 6.14. The molecule has 0 atom stereocenters. The van der Waals surface area contributed by atoms with Crippen LogP contribution in [-0.4, -0.2) is 16.5 Å². The Kier molecular flexibility index (Phi) is 6.55. The van der Waals surface area contributed by atoms with Crippen molar-refractivity contribution >= 4 is 21.6 Å². The lowest BCUT2D eigenvalue weighted by atomic mass is 10.1. The van der Waals surface area contributed by atoms with Crippen LogP contribution in [0.1, 0.15) is 29.7 Å². The molecule has 0 saturated carbocycles. The van der Waals surface area contributed by atoms with Crippen LogP contribution >= 0.6 is 15.9 Å². The van der Waals surface area contributed by atoms with Crippen LogP contribution in [0.5, 0.6) is 0 Å². The number of rotatable bonds is 7. The van der Waals surface area contributed by atoms with E-state index in [0.29, 0.717) is 24.2 Å². The molecule has 0 bridgehead atoms. The second-order valence-electron chi connectivity index (χ2n) is 6.01. The fourth-order valence-electron chi connectivity index (χ4n) is 2.60. The van der Waals surface area contributed by atoms with Crippen LogP contribution in [0, 0.1) is 0 Å². The first-order valence-electron chi connectivity index (χ1n) is 8.58. The Morgan fingerprint density at radius 1 is 1.15 bits per heavy atom. The average molecular weight is 413 g/mol. The molecule has 0 spiro atoms. The molecule has 6 heteroatoms. The summed E-state index contributed by atoms with van der Waals surface area (Å²) in [7, 11) is 0. The van der Waals surface area contributed by atoms with Crippen molar-refractivity contribution in [2.24, 2.45) is 4.99 Å². The average Bonchev–Trinajstić information content (AvgIpc) is 2.66. The standard InChI is InChI=1S/C20H21BrN4O/c21-17-6-4-10-24-19(17)7-1-2-9-25-20-12-18(22)16(14-26-20)11-15-5-3-8-23-13-15/h3-6,8,10,12-14H,1-2,7,9,11,22H2. The molecule has 0 amide bonds. The summed E-state index contributed by atoms with van der Waals surface area (Å²) in [6.45, 7) is 0.704. The number of halogens is 1. The van der Waals surface area contributed by atoms with Gasteiger partial charge in [-0.1, -0.05) is 6.07 Å². The Hall–Kier alpha value is -2.47. The van der Waals surface area contributed by atoms with Gasteiger partial charge in [0.15, 0.2) is 0 Å². The molecule has 0 aliphatic heterocycles. The molecule has 134 valence electrons. The maximum Gasteiger partial charge on any atom is 0.215 e. The Morgan fingerprint density at radius 3 is 2.81 bits per heavy atom. The van der Waals surface area contributed by atoms with Crippen molar-refractivity contribution in [1.82, 2.24) is 9.97 Å². The molecule has 0 radical (unpaired) electrons. The number of hydrogen-bond acceptors (Lipinski definition) is 5. The zero-order valence-electron chi connectivity index (χ0n) is 14.4. The SMILES string of the molecule is Nc1cc(=NCCCCc2ncccc2Br)occ1Cc1cccnc1. The number of pyridine rings is 2. The first-order chi connectivity index (χ1) is 12.7. The summed E-state index contributed by atoms with van der Waals surface area (Å²) in [5.74, 6) is 0. The van der Waals surface area contributed by atoms with Gasteiger partial charge in [0, 0.05) is 53.3 Å².